The minimum atomic E-state index is -0.428. The number of carbonyl (C=O) groups excluding carboxylic acids is 1. The van der Waals surface area contributed by atoms with Gasteiger partial charge in [-0.15, -0.1) is 0 Å². The van der Waals surface area contributed by atoms with E-state index in [1.807, 2.05) is 24.3 Å². The van der Waals surface area contributed by atoms with E-state index < -0.39 is 6.10 Å². The molecule has 1 aromatic carbocycles. The third kappa shape index (κ3) is 3.47. The van der Waals surface area contributed by atoms with Crippen molar-refractivity contribution in [1.29, 1.82) is 0 Å². The minimum absolute atomic E-state index is 0.0258. The molecule has 1 amide bonds. The zero-order valence-electron chi connectivity index (χ0n) is 10.6. The summed E-state index contributed by atoms with van der Waals surface area (Å²) in [5.74, 6) is 0.885. The molecule has 2 rings (SSSR count). The normalized spacial score (nSPS) is 18.9. The molecule has 1 aliphatic heterocycles. The summed E-state index contributed by atoms with van der Waals surface area (Å²) >= 11 is 0. The van der Waals surface area contributed by atoms with E-state index in [0.29, 0.717) is 19.4 Å². The van der Waals surface area contributed by atoms with Crippen LogP contribution in [0.5, 0.6) is 5.75 Å². The van der Waals surface area contributed by atoms with Gasteiger partial charge in [-0.2, -0.15) is 0 Å². The Morgan fingerprint density at radius 2 is 2.33 bits per heavy atom. The second-order valence-corrected chi connectivity index (χ2v) is 4.74. The van der Waals surface area contributed by atoms with E-state index in [9.17, 15) is 4.79 Å². The highest BCUT2D eigenvalue weighted by Crippen LogP contribution is 2.27. The summed E-state index contributed by atoms with van der Waals surface area (Å²) in [5, 5.41) is 11.9. The van der Waals surface area contributed by atoms with Gasteiger partial charge in [-0.05, 0) is 25.0 Å². The second-order valence-electron chi connectivity index (χ2n) is 4.74. The van der Waals surface area contributed by atoms with Gasteiger partial charge in [0, 0.05) is 12.8 Å². The van der Waals surface area contributed by atoms with Crippen LogP contribution in [0.4, 0.5) is 0 Å². The lowest BCUT2D eigenvalue weighted by molar-refractivity contribution is -0.121. The molecule has 4 nitrogen and oxygen atoms in total. The van der Waals surface area contributed by atoms with Gasteiger partial charge in [-0.1, -0.05) is 18.2 Å². The summed E-state index contributed by atoms with van der Waals surface area (Å²) in [4.78, 5) is 11.5. The highest BCUT2D eigenvalue weighted by molar-refractivity contribution is 5.75. The van der Waals surface area contributed by atoms with Gasteiger partial charge >= 0.3 is 0 Å². The van der Waals surface area contributed by atoms with E-state index in [-0.39, 0.29) is 12.0 Å². The summed E-state index contributed by atoms with van der Waals surface area (Å²) in [5.41, 5.74) is 1.20. The molecule has 2 atom stereocenters. The monoisotopic (exact) mass is 249 g/mol. The highest BCUT2D eigenvalue weighted by Gasteiger charge is 2.22. The lowest BCUT2D eigenvalue weighted by Crippen LogP contribution is -2.34. The van der Waals surface area contributed by atoms with Gasteiger partial charge in [0.1, 0.15) is 11.9 Å². The first kappa shape index (κ1) is 12.9. The number of aliphatic hydroxyl groups excluding tert-OH is 1. The molecular weight excluding hydrogens is 230 g/mol. The Hall–Kier alpha value is -1.55. The molecule has 2 unspecified atom stereocenters. The number of benzene rings is 1. The number of nitrogens with one attached hydrogen (secondary N) is 1. The van der Waals surface area contributed by atoms with Crippen LogP contribution in [-0.2, 0) is 11.2 Å². The molecule has 0 saturated heterocycles. The first-order chi connectivity index (χ1) is 8.65. The number of ether oxygens (including phenoxy) is 1. The molecule has 0 bridgehead atoms. The number of fused-ring (bicyclic) bond motifs is 1. The molecule has 0 saturated carbocycles. The Morgan fingerprint density at radius 1 is 1.56 bits per heavy atom. The summed E-state index contributed by atoms with van der Waals surface area (Å²) < 4.78 is 5.72. The molecule has 98 valence electrons. The Balaban J connectivity index is 1.72. The van der Waals surface area contributed by atoms with Gasteiger partial charge < -0.3 is 15.2 Å². The van der Waals surface area contributed by atoms with Crippen molar-refractivity contribution in [2.24, 2.45) is 0 Å². The van der Waals surface area contributed by atoms with Crippen LogP contribution in [0.15, 0.2) is 24.3 Å². The number of aliphatic hydroxyl groups is 1. The molecule has 0 aromatic heterocycles. The van der Waals surface area contributed by atoms with E-state index in [1.165, 1.54) is 5.56 Å². The van der Waals surface area contributed by atoms with E-state index in [1.54, 1.807) is 6.92 Å². The van der Waals surface area contributed by atoms with Crippen LogP contribution in [0, 0.1) is 0 Å². The Kier molecular flexibility index (Phi) is 4.20. The number of hydrogen-bond acceptors (Lipinski definition) is 3. The molecule has 0 fully saturated rings. The number of para-hydroxylation sites is 1. The smallest absolute Gasteiger partial charge is 0.220 e. The largest absolute Gasteiger partial charge is 0.488 e. The van der Waals surface area contributed by atoms with Crippen LogP contribution in [0.25, 0.3) is 0 Å². The van der Waals surface area contributed by atoms with E-state index in [4.69, 9.17) is 9.84 Å². The average Bonchev–Trinajstić information content (AvgIpc) is 2.76. The molecule has 1 aliphatic rings. The maximum Gasteiger partial charge on any atom is 0.220 e. The van der Waals surface area contributed by atoms with E-state index in [0.717, 1.165) is 12.2 Å². The fourth-order valence-electron chi connectivity index (χ4n) is 2.02. The number of carbonyl (C=O) groups is 1. The standard InChI is InChI=1S/C14H19NO3/c1-10(16)6-7-14(17)15-9-12-8-11-4-2-3-5-13(11)18-12/h2-5,10,12,16H,6-9H2,1H3,(H,15,17). The van der Waals surface area contributed by atoms with Crippen molar-refractivity contribution in [2.75, 3.05) is 6.54 Å². The summed E-state index contributed by atoms with van der Waals surface area (Å²) in [7, 11) is 0. The molecule has 0 spiro atoms. The molecule has 0 radical (unpaired) electrons. The fourth-order valence-corrected chi connectivity index (χ4v) is 2.02. The Labute approximate surface area is 107 Å². The number of rotatable bonds is 5. The SMILES string of the molecule is CC(O)CCC(=O)NCC1Cc2ccccc2O1. The Morgan fingerprint density at radius 3 is 3.06 bits per heavy atom. The maximum absolute atomic E-state index is 11.5. The molecule has 2 N–H and O–H groups in total. The summed E-state index contributed by atoms with van der Waals surface area (Å²) in [6.07, 6.45) is 1.29. The molecule has 1 heterocycles. The third-order valence-corrected chi connectivity index (χ3v) is 3.03. The van der Waals surface area contributed by atoms with Crippen molar-refractivity contribution in [1.82, 2.24) is 5.32 Å². The van der Waals surface area contributed by atoms with Gasteiger partial charge in [-0.3, -0.25) is 4.79 Å². The van der Waals surface area contributed by atoms with Gasteiger partial charge in [-0.25, -0.2) is 0 Å². The number of hydrogen-bond donors (Lipinski definition) is 2. The lowest BCUT2D eigenvalue weighted by atomic mass is 10.1. The van der Waals surface area contributed by atoms with Gasteiger partial charge in [0.2, 0.25) is 5.91 Å². The molecule has 0 aliphatic carbocycles. The number of amides is 1. The molecule has 18 heavy (non-hydrogen) atoms. The first-order valence-electron chi connectivity index (χ1n) is 6.34. The molecule has 1 aromatic rings. The van der Waals surface area contributed by atoms with Crippen LogP contribution in [0.2, 0.25) is 0 Å². The van der Waals surface area contributed by atoms with Gasteiger partial charge in [0.05, 0.1) is 12.6 Å². The Bertz CT molecular complexity index is 392. The van der Waals surface area contributed by atoms with Crippen LogP contribution in [-0.4, -0.2) is 29.8 Å². The predicted molar refractivity (Wildman–Crippen MR) is 68.5 cm³/mol. The predicted octanol–water partition coefficient (Wildman–Crippen LogP) is 1.27. The zero-order chi connectivity index (χ0) is 13.0. The van der Waals surface area contributed by atoms with Crippen molar-refractivity contribution < 1.29 is 14.6 Å². The van der Waals surface area contributed by atoms with Gasteiger partial charge in [0.25, 0.3) is 0 Å². The van der Waals surface area contributed by atoms with Crippen molar-refractivity contribution in [3.8, 4) is 5.75 Å². The van der Waals surface area contributed by atoms with Crippen molar-refractivity contribution >= 4 is 5.91 Å². The average molecular weight is 249 g/mol. The second kappa shape index (κ2) is 5.87. The lowest BCUT2D eigenvalue weighted by Gasteiger charge is -2.12. The first-order valence-corrected chi connectivity index (χ1v) is 6.34. The minimum Gasteiger partial charge on any atom is -0.488 e. The van der Waals surface area contributed by atoms with E-state index in [2.05, 4.69) is 5.32 Å². The fraction of sp³-hybridized carbons (Fsp3) is 0.500. The summed E-state index contributed by atoms with van der Waals surface area (Å²) in [6.45, 7) is 2.21. The third-order valence-electron chi connectivity index (χ3n) is 3.03. The van der Waals surface area contributed by atoms with Crippen LogP contribution in [0.3, 0.4) is 0 Å². The van der Waals surface area contributed by atoms with Crippen molar-refractivity contribution in [3.63, 3.8) is 0 Å². The topological polar surface area (TPSA) is 58.6 Å². The van der Waals surface area contributed by atoms with Gasteiger partial charge in [0.15, 0.2) is 0 Å². The van der Waals surface area contributed by atoms with Crippen LogP contribution < -0.4 is 10.1 Å². The maximum atomic E-state index is 11.5. The molecule has 4 heteroatoms. The summed E-state index contributed by atoms with van der Waals surface area (Å²) in [6, 6.07) is 7.93. The van der Waals surface area contributed by atoms with Crippen LogP contribution >= 0.6 is 0 Å². The molecular formula is C14H19NO3. The quantitative estimate of drug-likeness (QED) is 0.826. The zero-order valence-corrected chi connectivity index (χ0v) is 10.6. The van der Waals surface area contributed by atoms with E-state index >= 15 is 0 Å². The van der Waals surface area contributed by atoms with Crippen molar-refractivity contribution in [2.45, 2.75) is 38.4 Å². The highest BCUT2D eigenvalue weighted by atomic mass is 16.5. The van der Waals surface area contributed by atoms with Crippen molar-refractivity contribution in [3.05, 3.63) is 29.8 Å². The van der Waals surface area contributed by atoms with Crippen LogP contribution in [0.1, 0.15) is 25.3 Å².